The van der Waals surface area contributed by atoms with Gasteiger partial charge in [-0.3, -0.25) is 4.79 Å². The van der Waals surface area contributed by atoms with Crippen LogP contribution in [0, 0.1) is 0 Å². The molecule has 2 unspecified atom stereocenters. The Morgan fingerprint density at radius 3 is 2.95 bits per heavy atom. The van der Waals surface area contributed by atoms with Crippen molar-refractivity contribution in [3.05, 3.63) is 23.8 Å². The van der Waals surface area contributed by atoms with Gasteiger partial charge in [-0.2, -0.15) is 11.8 Å². The van der Waals surface area contributed by atoms with Gasteiger partial charge >= 0.3 is 0 Å². The number of anilines is 2. The Balaban J connectivity index is 2.21. The summed E-state index contributed by atoms with van der Waals surface area (Å²) in [6.45, 7) is 2.54. The lowest BCUT2D eigenvalue weighted by atomic mass is 10.1. The van der Waals surface area contributed by atoms with Crippen LogP contribution in [-0.4, -0.2) is 30.0 Å². The van der Waals surface area contributed by atoms with Gasteiger partial charge in [0.05, 0.1) is 5.56 Å². The van der Waals surface area contributed by atoms with Gasteiger partial charge < -0.3 is 16.4 Å². The maximum Gasteiger partial charge on any atom is 0.253 e. The van der Waals surface area contributed by atoms with Gasteiger partial charge in [-0.15, -0.1) is 0 Å². The average Bonchev–Trinajstić information content (AvgIpc) is 2.86. The minimum absolute atomic E-state index is 0.0475. The van der Waals surface area contributed by atoms with Crippen LogP contribution in [0.2, 0.25) is 0 Å². The van der Waals surface area contributed by atoms with Crippen LogP contribution < -0.4 is 16.4 Å². The second-order valence-electron chi connectivity index (χ2n) is 5.12. The van der Waals surface area contributed by atoms with Crippen molar-refractivity contribution in [3.63, 3.8) is 0 Å². The fourth-order valence-electron chi connectivity index (χ4n) is 2.71. The molecule has 0 aliphatic heterocycles. The number of hydrogen-bond donors (Lipinski definition) is 3. The van der Waals surface area contributed by atoms with E-state index in [0.29, 0.717) is 29.1 Å². The number of benzene rings is 1. The topological polar surface area (TPSA) is 67.2 Å². The average molecular weight is 293 g/mol. The highest BCUT2D eigenvalue weighted by Gasteiger charge is 2.27. The van der Waals surface area contributed by atoms with E-state index in [1.54, 1.807) is 12.1 Å². The molecule has 4 nitrogen and oxygen atoms in total. The maximum absolute atomic E-state index is 12.1. The summed E-state index contributed by atoms with van der Waals surface area (Å²) in [5.41, 5.74) is 8.07. The number of carbonyl (C=O) groups excluding carboxylic acids is 1. The Bertz CT molecular complexity index is 478. The Labute approximate surface area is 124 Å². The van der Waals surface area contributed by atoms with Gasteiger partial charge in [-0.25, -0.2) is 0 Å². The first kappa shape index (κ1) is 15.0. The molecule has 110 valence electrons. The Kier molecular flexibility index (Phi) is 5.17. The Morgan fingerprint density at radius 2 is 2.25 bits per heavy atom. The molecule has 2 rings (SSSR count). The number of nitrogens with one attached hydrogen (secondary N) is 2. The lowest BCUT2D eigenvalue weighted by Gasteiger charge is -2.22. The normalized spacial score (nSPS) is 21.7. The van der Waals surface area contributed by atoms with E-state index in [-0.39, 0.29) is 5.91 Å². The summed E-state index contributed by atoms with van der Waals surface area (Å²) in [4.78, 5) is 12.1. The molecule has 1 aliphatic carbocycles. The fraction of sp³-hybridized carbons (Fsp3) is 0.533. The summed E-state index contributed by atoms with van der Waals surface area (Å²) in [6.07, 6.45) is 5.77. The predicted octanol–water partition coefficient (Wildman–Crippen LogP) is 2.71. The first-order valence-corrected chi connectivity index (χ1v) is 8.41. The molecule has 0 spiro atoms. The third-order valence-corrected chi connectivity index (χ3v) is 4.89. The highest BCUT2D eigenvalue weighted by Crippen LogP contribution is 2.32. The molecule has 1 aromatic rings. The first-order chi connectivity index (χ1) is 9.65. The van der Waals surface area contributed by atoms with E-state index in [9.17, 15) is 4.79 Å². The fourth-order valence-corrected chi connectivity index (χ4v) is 3.64. The van der Waals surface area contributed by atoms with Gasteiger partial charge in [0.25, 0.3) is 5.91 Å². The summed E-state index contributed by atoms with van der Waals surface area (Å²) >= 11 is 1.89. The van der Waals surface area contributed by atoms with E-state index in [4.69, 9.17) is 5.73 Å². The van der Waals surface area contributed by atoms with Crippen LogP contribution in [0.4, 0.5) is 11.4 Å². The van der Waals surface area contributed by atoms with Gasteiger partial charge in [-0.05, 0) is 44.2 Å². The van der Waals surface area contributed by atoms with Gasteiger partial charge in [0.15, 0.2) is 0 Å². The van der Waals surface area contributed by atoms with Gasteiger partial charge in [0, 0.05) is 29.2 Å². The summed E-state index contributed by atoms with van der Waals surface area (Å²) in [5.74, 6) is -0.0475. The van der Waals surface area contributed by atoms with E-state index >= 15 is 0 Å². The highest BCUT2D eigenvalue weighted by atomic mass is 32.2. The number of rotatable bonds is 5. The number of nitrogens with two attached hydrogens (primary N) is 1. The minimum Gasteiger partial charge on any atom is -0.399 e. The van der Waals surface area contributed by atoms with E-state index in [1.807, 2.05) is 24.8 Å². The van der Waals surface area contributed by atoms with Crippen LogP contribution in [0.1, 0.15) is 36.5 Å². The van der Waals surface area contributed by atoms with Crippen molar-refractivity contribution in [2.45, 2.75) is 37.5 Å². The van der Waals surface area contributed by atoms with E-state index < -0.39 is 0 Å². The number of amides is 1. The monoisotopic (exact) mass is 293 g/mol. The number of thioether (sulfide) groups is 1. The van der Waals surface area contributed by atoms with Gasteiger partial charge in [-0.1, -0.05) is 6.42 Å². The van der Waals surface area contributed by atoms with Crippen molar-refractivity contribution < 1.29 is 4.79 Å². The van der Waals surface area contributed by atoms with Crippen LogP contribution in [0.5, 0.6) is 0 Å². The quantitative estimate of drug-likeness (QED) is 0.730. The second-order valence-corrected chi connectivity index (χ2v) is 6.20. The maximum atomic E-state index is 12.1. The SMILES string of the molecule is CCNC(=O)c1ccc(N)cc1NC1CCCC1SC. The molecule has 0 saturated heterocycles. The zero-order valence-corrected chi connectivity index (χ0v) is 12.9. The third kappa shape index (κ3) is 3.39. The summed E-state index contributed by atoms with van der Waals surface area (Å²) < 4.78 is 0. The molecule has 1 aliphatic rings. The van der Waals surface area contributed by atoms with Crippen LogP contribution in [0.25, 0.3) is 0 Å². The highest BCUT2D eigenvalue weighted by molar-refractivity contribution is 7.99. The number of nitrogen functional groups attached to an aromatic ring is 1. The van der Waals surface area contributed by atoms with Crippen molar-refractivity contribution in [1.29, 1.82) is 0 Å². The van der Waals surface area contributed by atoms with Crippen molar-refractivity contribution >= 4 is 29.0 Å². The molecular weight excluding hydrogens is 270 g/mol. The van der Waals surface area contributed by atoms with E-state index in [0.717, 1.165) is 12.1 Å². The van der Waals surface area contributed by atoms with Crippen LogP contribution in [0.3, 0.4) is 0 Å². The first-order valence-electron chi connectivity index (χ1n) is 7.12. The molecule has 4 N–H and O–H groups in total. The van der Waals surface area contributed by atoms with Gasteiger partial charge in [0.1, 0.15) is 0 Å². The molecular formula is C15H23N3OS. The van der Waals surface area contributed by atoms with E-state index in [2.05, 4.69) is 16.9 Å². The molecule has 5 heteroatoms. The zero-order valence-electron chi connectivity index (χ0n) is 12.1. The Morgan fingerprint density at radius 1 is 1.45 bits per heavy atom. The molecule has 2 atom stereocenters. The van der Waals surface area contributed by atoms with Crippen molar-refractivity contribution in [2.75, 3.05) is 23.9 Å². The van der Waals surface area contributed by atoms with Crippen molar-refractivity contribution in [1.82, 2.24) is 5.32 Å². The summed E-state index contributed by atoms with van der Waals surface area (Å²) in [5, 5.41) is 6.99. The molecule has 1 aromatic carbocycles. The molecule has 1 fully saturated rings. The largest absolute Gasteiger partial charge is 0.399 e. The summed E-state index contributed by atoms with van der Waals surface area (Å²) in [6, 6.07) is 5.85. The zero-order chi connectivity index (χ0) is 14.5. The van der Waals surface area contributed by atoms with Crippen LogP contribution in [-0.2, 0) is 0 Å². The molecule has 20 heavy (non-hydrogen) atoms. The standard InChI is InChI=1S/C15H23N3OS/c1-3-17-15(19)11-8-7-10(16)9-13(11)18-12-5-4-6-14(12)20-2/h7-9,12,14,18H,3-6,16H2,1-2H3,(H,17,19). The van der Waals surface area contributed by atoms with Gasteiger partial charge in [0.2, 0.25) is 0 Å². The van der Waals surface area contributed by atoms with Crippen LogP contribution in [0.15, 0.2) is 18.2 Å². The molecule has 0 heterocycles. The smallest absolute Gasteiger partial charge is 0.253 e. The number of carbonyl (C=O) groups is 1. The third-order valence-electron chi connectivity index (χ3n) is 3.72. The molecule has 0 aromatic heterocycles. The minimum atomic E-state index is -0.0475. The predicted molar refractivity (Wildman–Crippen MR) is 87.4 cm³/mol. The lowest BCUT2D eigenvalue weighted by Crippen LogP contribution is -2.29. The lowest BCUT2D eigenvalue weighted by molar-refractivity contribution is 0.0956. The van der Waals surface area contributed by atoms with E-state index in [1.165, 1.54) is 12.8 Å². The Hall–Kier alpha value is -1.36. The summed E-state index contributed by atoms with van der Waals surface area (Å²) in [7, 11) is 0. The molecule has 1 saturated carbocycles. The molecule has 1 amide bonds. The van der Waals surface area contributed by atoms with Crippen molar-refractivity contribution in [3.8, 4) is 0 Å². The molecule has 0 radical (unpaired) electrons. The van der Waals surface area contributed by atoms with Crippen LogP contribution >= 0.6 is 11.8 Å². The van der Waals surface area contributed by atoms with Crippen molar-refractivity contribution in [2.24, 2.45) is 0 Å². The number of hydrogen-bond acceptors (Lipinski definition) is 4. The molecule has 0 bridgehead atoms. The second kappa shape index (κ2) is 6.88.